The van der Waals surface area contributed by atoms with E-state index in [1.807, 2.05) is 12.1 Å². The number of halogens is 3. The fourth-order valence-electron chi connectivity index (χ4n) is 5.31. The van der Waals surface area contributed by atoms with E-state index in [0.29, 0.717) is 37.2 Å². The summed E-state index contributed by atoms with van der Waals surface area (Å²) >= 11 is 0. The Labute approximate surface area is 200 Å². The molecule has 1 spiro atoms. The van der Waals surface area contributed by atoms with Gasteiger partial charge in [0.2, 0.25) is 0 Å². The summed E-state index contributed by atoms with van der Waals surface area (Å²) in [5.74, 6) is -1.01. The zero-order valence-electron chi connectivity index (χ0n) is 19.1. The molecule has 3 heterocycles. The standard InChI is InChI=1S/C25H27F3N4O3/c26-25(27,28)15-32-10-8-29-20-11-16(5-6-19(20)23(32)35)22(34)31-9-7-24(21(33)14-31)12-17-3-1-2-4-18(17)13-30-24/h1-6,11,21,29-30,33H,7-10,12-15H2/t21-,24+/m1/s1. The summed E-state index contributed by atoms with van der Waals surface area (Å²) in [5.41, 5.74) is 2.68. The Hall–Kier alpha value is -3.11. The average molecular weight is 489 g/mol. The summed E-state index contributed by atoms with van der Waals surface area (Å²) < 4.78 is 38.5. The van der Waals surface area contributed by atoms with Crippen LogP contribution in [0.5, 0.6) is 0 Å². The van der Waals surface area contributed by atoms with E-state index in [2.05, 4.69) is 22.8 Å². The van der Waals surface area contributed by atoms with E-state index < -0.39 is 30.3 Å². The van der Waals surface area contributed by atoms with Gasteiger partial charge in [-0.25, -0.2) is 0 Å². The summed E-state index contributed by atoms with van der Waals surface area (Å²) in [7, 11) is 0. The van der Waals surface area contributed by atoms with Gasteiger partial charge in [0.1, 0.15) is 6.54 Å². The van der Waals surface area contributed by atoms with Gasteiger partial charge in [-0.2, -0.15) is 13.2 Å². The zero-order valence-corrected chi connectivity index (χ0v) is 19.1. The molecule has 1 fully saturated rings. The minimum atomic E-state index is -4.49. The maximum absolute atomic E-state index is 13.2. The Morgan fingerprint density at radius 1 is 1.14 bits per heavy atom. The van der Waals surface area contributed by atoms with Gasteiger partial charge < -0.3 is 25.5 Å². The number of carbonyl (C=O) groups is 2. The lowest BCUT2D eigenvalue weighted by Gasteiger charge is -2.48. The number of hydrogen-bond donors (Lipinski definition) is 3. The van der Waals surface area contributed by atoms with Crippen LogP contribution in [0.1, 0.15) is 38.3 Å². The second-order valence-electron chi connectivity index (χ2n) is 9.50. The summed E-state index contributed by atoms with van der Waals surface area (Å²) in [5, 5.41) is 17.5. The highest BCUT2D eigenvalue weighted by Crippen LogP contribution is 2.33. The lowest BCUT2D eigenvalue weighted by atomic mass is 9.76. The Bertz CT molecular complexity index is 1160. The van der Waals surface area contributed by atoms with Gasteiger partial charge in [-0.3, -0.25) is 9.59 Å². The van der Waals surface area contributed by atoms with Gasteiger partial charge in [-0.15, -0.1) is 0 Å². The Balaban J connectivity index is 1.30. The number of fused-ring (bicyclic) bond motifs is 2. The van der Waals surface area contributed by atoms with Crippen LogP contribution in [-0.2, 0) is 13.0 Å². The second-order valence-corrected chi connectivity index (χ2v) is 9.50. The topological polar surface area (TPSA) is 84.9 Å². The number of carbonyl (C=O) groups excluding carboxylic acids is 2. The third-order valence-electron chi connectivity index (χ3n) is 7.25. The molecule has 2 atom stereocenters. The van der Waals surface area contributed by atoms with Crippen LogP contribution in [0.25, 0.3) is 0 Å². The first kappa shape index (κ1) is 23.6. The monoisotopic (exact) mass is 488 g/mol. The first-order valence-corrected chi connectivity index (χ1v) is 11.7. The highest BCUT2D eigenvalue weighted by atomic mass is 19.4. The predicted octanol–water partition coefficient (Wildman–Crippen LogP) is 2.41. The van der Waals surface area contributed by atoms with Crippen molar-refractivity contribution >= 4 is 17.5 Å². The predicted molar refractivity (Wildman–Crippen MR) is 123 cm³/mol. The summed E-state index contributed by atoms with van der Waals surface area (Å²) in [4.78, 5) is 28.2. The normalized spacial score (nSPS) is 24.5. The number of likely N-dealkylation sites (tertiary alicyclic amines) is 1. The molecule has 10 heteroatoms. The fraction of sp³-hybridized carbons (Fsp3) is 0.440. The van der Waals surface area contributed by atoms with E-state index in [9.17, 15) is 27.9 Å². The van der Waals surface area contributed by atoms with Crippen LogP contribution in [0.15, 0.2) is 42.5 Å². The molecule has 3 aliphatic rings. The lowest BCUT2D eigenvalue weighted by Crippen LogP contribution is -2.65. The Morgan fingerprint density at radius 2 is 1.91 bits per heavy atom. The van der Waals surface area contributed by atoms with E-state index in [1.54, 1.807) is 4.90 Å². The molecule has 0 radical (unpaired) electrons. The average Bonchev–Trinajstić information content (AvgIpc) is 2.97. The van der Waals surface area contributed by atoms with E-state index in [0.717, 1.165) is 4.90 Å². The second kappa shape index (κ2) is 8.83. The van der Waals surface area contributed by atoms with Crippen LogP contribution in [0.4, 0.5) is 18.9 Å². The number of nitrogens with one attached hydrogen (secondary N) is 2. The maximum Gasteiger partial charge on any atom is 0.406 e. The van der Waals surface area contributed by atoms with Crippen LogP contribution in [0.3, 0.4) is 0 Å². The van der Waals surface area contributed by atoms with Crippen LogP contribution < -0.4 is 10.6 Å². The molecular weight excluding hydrogens is 461 g/mol. The molecular formula is C25H27F3N4O3. The summed E-state index contributed by atoms with van der Waals surface area (Å²) in [6.07, 6.45) is -3.98. The zero-order chi connectivity index (χ0) is 24.8. The van der Waals surface area contributed by atoms with Crippen molar-refractivity contribution in [3.05, 3.63) is 64.7 Å². The number of nitrogens with zero attached hydrogens (tertiary/aromatic N) is 2. The van der Waals surface area contributed by atoms with Gasteiger partial charge >= 0.3 is 6.18 Å². The molecule has 2 amide bonds. The van der Waals surface area contributed by atoms with E-state index in [-0.39, 0.29) is 31.1 Å². The molecule has 5 rings (SSSR count). The number of piperidine rings is 1. The van der Waals surface area contributed by atoms with E-state index in [4.69, 9.17) is 0 Å². The third kappa shape index (κ3) is 4.60. The van der Waals surface area contributed by atoms with Crippen LogP contribution in [0.2, 0.25) is 0 Å². The fourth-order valence-corrected chi connectivity index (χ4v) is 5.31. The minimum Gasteiger partial charge on any atom is -0.389 e. The van der Waals surface area contributed by atoms with Crippen molar-refractivity contribution in [1.82, 2.24) is 15.1 Å². The largest absolute Gasteiger partial charge is 0.406 e. The maximum atomic E-state index is 13.2. The molecule has 0 aromatic heterocycles. The number of anilines is 1. The van der Waals surface area contributed by atoms with E-state index in [1.165, 1.54) is 29.3 Å². The van der Waals surface area contributed by atoms with Crippen molar-refractivity contribution in [2.24, 2.45) is 0 Å². The molecule has 3 aliphatic heterocycles. The van der Waals surface area contributed by atoms with Crippen molar-refractivity contribution in [1.29, 1.82) is 0 Å². The van der Waals surface area contributed by atoms with Crippen molar-refractivity contribution in [3.63, 3.8) is 0 Å². The smallest absolute Gasteiger partial charge is 0.389 e. The van der Waals surface area contributed by atoms with Gasteiger partial charge in [0.25, 0.3) is 11.8 Å². The number of alkyl halides is 3. The van der Waals surface area contributed by atoms with Crippen molar-refractivity contribution in [2.75, 3.05) is 38.0 Å². The highest BCUT2D eigenvalue weighted by Gasteiger charge is 2.45. The third-order valence-corrected chi connectivity index (χ3v) is 7.25. The molecule has 7 nitrogen and oxygen atoms in total. The van der Waals surface area contributed by atoms with Gasteiger partial charge in [0.05, 0.1) is 17.2 Å². The number of benzene rings is 2. The molecule has 0 saturated carbocycles. The van der Waals surface area contributed by atoms with Gasteiger partial charge in [0.15, 0.2) is 0 Å². The molecule has 0 bridgehead atoms. The summed E-state index contributed by atoms with van der Waals surface area (Å²) in [6, 6.07) is 12.5. The van der Waals surface area contributed by atoms with Gasteiger partial charge in [-0.05, 0) is 42.2 Å². The number of aliphatic hydroxyl groups excluding tert-OH is 1. The Morgan fingerprint density at radius 3 is 2.66 bits per heavy atom. The van der Waals surface area contributed by atoms with Crippen molar-refractivity contribution in [2.45, 2.75) is 37.2 Å². The number of hydrogen-bond acceptors (Lipinski definition) is 5. The van der Waals surface area contributed by atoms with E-state index >= 15 is 0 Å². The molecule has 0 unspecified atom stereocenters. The van der Waals surface area contributed by atoms with Crippen LogP contribution in [-0.4, -0.2) is 77.3 Å². The molecule has 35 heavy (non-hydrogen) atoms. The first-order valence-electron chi connectivity index (χ1n) is 11.7. The number of rotatable bonds is 2. The van der Waals surface area contributed by atoms with Crippen molar-refractivity contribution < 1.29 is 27.9 Å². The minimum absolute atomic E-state index is 0.0904. The van der Waals surface area contributed by atoms with Gasteiger partial charge in [-0.1, -0.05) is 24.3 Å². The van der Waals surface area contributed by atoms with Crippen LogP contribution >= 0.6 is 0 Å². The van der Waals surface area contributed by atoms with Gasteiger partial charge in [0, 0.05) is 44.0 Å². The highest BCUT2D eigenvalue weighted by molar-refractivity contribution is 6.03. The number of aliphatic hydroxyl groups is 1. The molecule has 2 aromatic rings. The molecule has 2 aromatic carbocycles. The quantitative estimate of drug-likeness (QED) is 0.605. The molecule has 1 saturated heterocycles. The van der Waals surface area contributed by atoms with Crippen LogP contribution in [0, 0.1) is 0 Å². The molecule has 186 valence electrons. The number of amides is 2. The Kier molecular flexibility index (Phi) is 5.96. The molecule has 0 aliphatic carbocycles. The molecule has 3 N–H and O–H groups in total. The number of β-amino-alcohol motifs (C(OH)–C–C–N with tert-alkyl or cyclic N) is 1. The van der Waals surface area contributed by atoms with Crippen molar-refractivity contribution in [3.8, 4) is 0 Å². The lowest BCUT2D eigenvalue weighted by molar-refractivity contribution is -0.140. The SMILES string of the molecule is O=C(c1ccc2c(c1)NCCN(CC(F)(F)F)C2=O)N1CC[C@]2(Cc3ccccc3CN2)[C@H](O)C1. The summed E-state index contributed by atoms with van der Waals surface area (Å²) in [6.45, 7) is 0.0126. The first-order chi connectivity index (χ1) is 16.7.